The van der Waals surface area contributed by atoms with Gasteiger partial charge in [0.25, 0.3) is 16.8 Å². The number of carbonyl (C=O) groups excluding carboxylic acids is 1. The second-order valence-electron chi connectivity index (χ2n) is 9.23. The van der Waals surface area contributed by atoms with Crippen molar-refractivity contribution in [1.82, 2.24) is 4.90 Å². The van der Waals surface area contributed by atoms with Crippen LogP contribution in [0.25, 0.3) is 0 Å². The molecular formula is C25H29N3O6. The lowest BCUT2D eigenvalue weighted by Crippen LogP contribution is -2.42. The second kappa shape index (κ2) is 8.98. The number of rotatable bonds is 7. The van der Waals surface area contributed by atoms with E-state index < -0.39 is 10.9 Å². The number of nitrogens with one attached hydrogen (secondary N) is 2. The van der Waals surface area contributed by atoms with Gasteiger partial charge in [0.15, 0.2) is 5.75 Å². The highest BCUT2D eigenvalue weighted by Gasteiger charge is 2.40. The smallest absolute Gasteiger partial charge is 0.257 e. The SMILES string of the molecule is Cc1ccc([C@@H](Nc2c(Nc3cccc(C(=O)N(C)C)c3O)c(=O)c2=O)C2(C)CCOCC2)o1. The minimum atomic E-state index is -0.697. The third-order valence-corrected chi connectivity index (χ3v) is 6.51. The number of aromatic hydroxyl groups is 1. The fourth-order valence-corrected chi connectivity index (χ4v) is 4.31. The highest BCUT2D eigenvalue weighted by molar-refractivity contribution is 5.99. The molecule has 180 valence electrons. The predicted molar refractivity (Wildman–Crippen MR) is 129 cm³/mol. The minimum absolute atomic E-state index is 0.0405. The number of phenols is 1. The average molecular weight is 468 g/mol. The van der Waals surface area contributed by atoms with Crippen molar-refractivity contribution in [2.75, 3.05) is 37.9 Å². The van der Waals surface area contributed by atoms with Crippen molar-refractivity contribution < 1.29 is 19.1 Å². The molecule has 1 saturated heterocycles. The molecule has 1 aliphatic rings. The molecule has 0 radical (unpaired) electrons. The van der Waals surface area contributed by atoms with E-state index in [0.717, 1.165) is 18.6 Å². The summed E-state index contributed by atoms with van der Waals surface area (Å²) < 4.78 is 11.4. The lowest BCUT2D eigenvalue weighted by molar-refractivity contribution is 0.0108. The summed E-state index contributed by atoms with van der Waals surface area (Å²) in [6.07, 6.45) is 1.50. The van der Waals surface area contributed by atoms with Crippen molar-refractivity contribution in [2.45, 2.75) is 32.7 Å². The molecule has 0 aliphatic carbocycles. The first-order valence-electron chi connectivity index (χ1n) is 11.2. The summed E-state index contributed by atoms with van der Waals surface area (Å²) in [5.74, 6) is 0.732. The van der Waals surface area contributed by atoms with Crippen LogP contribution in [-0.4, -0.2) is 43.2 Å². The van der Waals surface area contributed by atoms with Gasteiger partial charge in [-0.15, -0.1) is 0 Å². The molecule has 1 atom stereocenters. The number of furan rings is 1. The van der Waals surface area contributed by atoms with Crippen molar-refractivity contribution in [1.29, 1.82) is 0 Å². The van der Waals surface area contributed by atoms with Crippen LogP contribution in [0.1, 0.15) is 47.7 Å². The largest absolute Gasteiger partial charge is 0.505 e. The van der Waals surface area contributed by atoms with Gasteiger partial charge in [-0.2, -0.15) is 0 Å². The number of carbonyl (C=O) groups is 1. The van der Waals surface area contributed by atoms with Gasteiger partial charge >= 0.3 is 0 Å². The Morgan fingerprint density at radius 1 is 1.09 bits per heavy atom. The van der Waals surface area contributed by atoms with Crippen LogP contribution in [0.2, 0.25) is 0 Å². The number of amides is 1. The number of hydrogen-bond acceptors (Lipinski definition) is 8. The van der Waals surface area contributed by atoms with Gasteiger partial charge in [0.2, 0.25) is 0 Å². The van der Waals surface area contributed by atoms with Crippen LogP contribution >= 0.6 is 0 Å². The van der Waals surface area contributed by atoms with Crippen molar-refractivity contribution in [3.63, 3.8) is 0 Å². The van der Waals surface area contributed by atoms with Crippen LogP contribution in [-0.2, 0) is 4.74 Å². The molecule has 1 aromatic heterocycles. The molecule has 34 heavy (non-hydrogen) atoms. The highest BCUT2D eigenvalue weighted by atomic mass is 16.5. The number of aryl methyl sites for hydroxylation is 1. The minimum Gasteiger partial charge on any atom is -0.505 e. The van der Waals surface area contributed by atoms with Crippen LogP contribution < -0.4 is 21.5 Å². The zero-order valence-corrected chi connectivity index (χ0v) is 19.7. The van der Waals surface area contributed by atoms with Crippen molar-refractivity contribution in [3.05, 3.63) is 67.9 Å². The molecule has 3 N–H and O–H groups in total. The molecule has 0 spiro atoms. The number of benzene rings is 1. The maximum atomic E-state index is 12.6. The Bertz CT molecular complexity index is 1280. The molecule has 0 bridgehead atoms. The standard InChI is InChI=1S/C25H29N3O6/c1-14-8-9-17(34-14)23(25(2)10-12-33-13-11-25)27-19-18(21(30)22(19)31)26-16-7-5-6-15(20(16)29)24(32)28(3)4/h5-9,23,26-27,29H,10-13H2,1-4H3/t23-/m1/s1. The maximum absolute atomic E-state index is 12.6. The molecule has 3 aromatic rings. The number of ether oxygens (including phenoxy) is 1. The van der Waals surface area contributed by atoms with Gasteiger partial charge in [-0.25, -0.2) is 0 Å². The van der Waals surface area contributed by atoms with E-state index >= 15 is 0 Å². The van der Waals surface area contributed by atoms with E-state index in [0.29, 0.717) is 19.0 Å². The fourth-order valence-electron chi connectivity index (χ4n) is 4.31. The van der Waals surface area contributed by atoms with Gasteiger partial charge in [0.05, 0.1) is 17.3 Å². The molecule has 1 fully saturated rings. The average Bonchev–Trinajstić information content (AvgIpc) is 3.24. The van der Waals surface area contributed by atoms with Crippen LogP contribution in [0.15, 0.2) is 44.3 Å². The Morgan fingerprint density at radius 3 is 2.38 bits per heavy atom. The van der Waals surface area contributed by atoms with E-state index in [1.807, 2.05) is 19.1 Å². The van der Waals surface area contributed by atoms with E-state index in [2.05, 4.69) is 17.6 Å². The molecule has 2 aromatic carbocycles. The zero-order valence-electron chi connectivity index (χ0n) is 19.7. The molecule has 9 heteroatoms. The molecule has 2 heterocycles. The normalized spacial score (nSPS) is 16.2. The van der Waals surface area contributed by atoms with E-state index in [1.54, 1.807) is 20.2 Å². The number of hydrogen-bond donors (Lipinski definition) is 3. The Kier molecular flexibility index (Phi) is 6.22. The summed E-state index contributed by atoms with van der Waals surface area (Å²) in [6, 6.07) is 7.98. The maximum Gasteiger partial charge on any atom is 0.257 e. The lowest BCUT2D eigenvalue weighted by atomic mass is 9.74. The van der Waals surface area contributed by atoms with Crippen LogP contribution in [0, 0.1) is 12.3 Å². The number of para-hydroxylation sites is 1. The molecule has 9 nitrogen and oxygen atoms in total. The van der Waals surface area contributed by atoms with Crippen molar-refractivity contribution >= 4 is 23.0 Å². The topological polar surface area (TPSA) is 121 Å². The first-order chi connectivity index (χ1) is 16.1. The van der Waals surface area contributed by atoms with E-state index in [9.17, 15) is 19.5 Å². The quantitative estimate of drug-likeness (QED) is 0.358. The van der Waals surface area contributed by atoms with E-state index in [-0.39, 0.29) is 45.7 Å². The lowest BCUT2D eigenvalue weighted by Gasteiger charge is -2.40. The van der Waals surface area contributed by atoms with Gasteiger partial charge < -0.3 is 29.8 Å². The third kappa shape index (κ3) is 4.19. The van der Waals surface area contributed by atoms with Crippen LogP contribution in [0.5, 0.6) is 5.75 Å². The molecule has 0 saturated carbocycles. The van der Waals surface area contributed by atoms with Crippen LogP contribution in [0.3, 0.4) is 0 Å². The Hall–Kier alpha value is -3.59. The van der Waals surface area contributed by atoms with Crippen molar-refractivity contribution in [3.8, 4) is 5.75 Å². The summed E-state index contributed by atoms with van der Waals surface area (Å²) in [5.41, 5.74) is -1.21. The first-order valence-corrected chi connectivity index (χ1v) is 11.2. The van der Waals surface area contributed by atoms with Gasteiger partial charge in [-0.3, -0.25) is 14.4 Å². The van der Waals surface area contributed by atoms with Gasteiger partial charge in [-0.1, -0.05) is 13.0 Å². The molecule has 1 amide bonds. The van der Waals surface area contributed by atoms with E-state index in [4.69, 9.17) is 9.15 Å². The summed E-state index contributed by atoms with van der Waals surface area (Å²) in [4.78, 5) is 38.8. The number of nitrogens with zero attached hydrogens (tertiary/aromatic N) is 1. The Labute approximate surface area is 197 Å². The zero-order chi connectivity index (χ0) is 24.6. The van der Waals surface area contributed by atoms with Crippen LogP contribution in [0.4, 0.5) is 17.1 Å². The molecule has 4 rings (SSSR count). The second-order valence-corrected chi connectivity index (χ2v) is 9.23. The monoisotopic (exact) mass is 467 g/mol. The summed E-state index contributed by atoms with van der Waals surface area (Å²) in [7, 11) is 3.15. The van der Waals surface area contributed by atoms with Crippen molar-refractivity contribution in [2.24, 2.45) is 5.41 Å². The molecule has 1 aliphatic heterocycles. The highest BCUT2D eigenvalue weighted by Crippen LogP contribution is 2.45. The summed E-state index contributed by atoms with van der Waals surface area (Å²) in [5, 5.41) is 16.8. The van der Waals surface area contributed by atoms with E-state index in [1.165, 1.54) is 17.0 Å². The Balaban J connectivity index is 1.68. The first kappa shape index (κ1) is 23.6. The van der Waals surface area contributed by atoms with Gasteiger partial charge in [0, 0.05) is 27.3 Å². The molecular weight excluding hydrogens is 438 g/mol. The summed E-state index contributed by atoms with van der Waals surface area (Å²) >= 11 is 0. The number of anilines is 3. The predicted octanol–water partition coefficient (Wildman–Crippen LogP) is 3.30. The fraction of sp³-hybridized carbons (Fsp3) is 0.400. The number of phenolic OH excluding ortho intramolecular Hbond substituents is 1. The van der Waals surface area contributed by atoms with Gasteiger partial charge in [-0.05, 0) is 49.4 Å². The molecule has 0 unspecified atom stereocenters. The Morgan fingerprint density at radius 2 is 1.76 bits per heavy atom. The van der Waals surface area contributed by atoms with Gasteiger partial charge in [0.1, 0.15) is 22.9 Å². The summed E-state index contributed by atoms with van der Waals surface area (Å²) in [6.45, 7) is 5.13. The third-order valence-electron chi connectivity index (χ3n) is 6.51.